The van der Waals surface area contributed by atoms with Gasteiger partial charge in [-0.3, -0.25) is 4.79 Å². The third-order valence-corrected chi connectivity index (χ3v) is 6.36. The number of aromatic nitrogens is 1. The zero-order valence-corrected chi connectivity index (χ0v) is 16.7. The SMILES string of the molecule is CC(C)(C)OC(=O)N1C[C@@H]2C(CCNC(=O)c3cc4cccnc4s3)[C@@H]2C1. The summed E-state index contributed by atoms with van der Waals surface area (Å²) in [6.45, 7) is 7.89. The summed E-state index contributed by atoms with van der Waals surface area (Å²) in [6.07, 6.45) is 2.50. The molecule has 1 saturated heterocycles. The largest absolute Gasteiger partial charge is 0.444 e. The molecule has 7 heteroatoms. The van der Waals surface area contributed by atoms with E-state index in [1.54, 1.807) is 6.20 Å². The van der Waals surface area contributed by atoms with Gasteiger partial charge < -0.3 is 15.0 Å². The fourth-order valence-electron chi connectivity index (χ4n) is 3.98. The lowest BCUT2D eigenvalue weighted by molar-refractivity contribution is 0.0265. The van der Waals surface area contributed by atoms with E-state index < -0.39 is 5.60 Å². The molecule has 0 aromatic carbocycles. The number of thiophene rings is 1. The molecule has 4 rings (SSSR count). The zero-order valence-electron chi connectivity index (χ0n) is 15.9. The van der Waals surface area contributed by atoms with Crippen LogP contribution in [0.1, 0.15) is 36.9 Å². The maximum atomic E-state index is 12.3. The maximum absolute atomic E-state index is 12.3. The zero-order chi connectivity index (χ0) is 19.2. The summed E-state index contributed by atoms with van der Waals surface area (Å²) in [7, 11) is 0. The van der Waals surface area contributed by atoms with Crippen molar-refractivity contribution in [2.45, 2.75) is 32.8 Å². The van der Waals surface area contributed by atoms with E-state index in [4.69, 9.17) is 4.74 Å². The van der Waals surface area contributed by atoms with Crippen molar-refractivity contribution in [3.8, 4) is 0 Å². The highest BCUT2D eigenvalue weighted by atomic mass is 32.1. The molecular weight excluding hydrogens is 362 g/mol. The third kappa shape index (κ3) is 3.93. The van der Waals surface area contributed by atoms with Gasteiger partial charge in [0, 0.05) is 31.2 Å². The summed E-state index contributed by atoms with van der Waals surface area (Å²) in [4.78, 5) is 32.1. The van der Waals surface area contributed by atoms with E-state index in [-0.39, 0.29) is 12.0 Å². The molecule has 2 fully saturated rings. The van der Waals surface area contributed by atoms with Crippen LogP contribution in [0.2, 0.25) is 0 Å². The molecule has 3 heterocycles. The standard InChI is InChI=1S/C20H25N3O3S/c1-20(2,3)26-19(25)23-10-14-13(15(14)11-23)6-8-21-17(24)16-9-12-5-4-7-22-18(12)27-16/h4-5,7,9,13-15H,6,8,10-11H2,1-3H3,(H,21,24)/t13?,14-,15+. The molecule has 2 aliphatic rings. The minimum atomic E-state index is -0.449. The van der Waals surface area contributed by atoms with Crippen molar-refractivity contribution < 1.29 is 14.3 Å². The van der Waals surface area contributed by atoms with E-state index >= 15 is 0 Å². The van der Waals surface area contributed by atoms with Crippen molar-refractivity contribution in [3.05, 3.63) is 29.3 Å². The molecular formula is C20H25N3O3S. The van der Waals surface area contributed by atoms with Crippen molar-refractivity contribution in [1.29, 1.82) is 0 Å². The number of carbonyl (C=O) groups is 2. The Labute approximate surface area is 162 Å². The predicted octanol–water partition coefficient (Wildman–Crippen LogP) is 3.53. The highest BCUT2D eigenvalue weighted by molar-refractivity contribution is 7.20. The third-order valence-electron chi connectivity index (χ3n) is 5.30. The summed E-state index contributed by atoms with van der Waals surface area (Å²) in [6, 6.07) is 5.74. The number of likely N-dealkylation sites (tertiary alicyclic amines) is 1. The maximum Gasteiger partial charge on any atom is 0.410 e. The lowest BCUT2D eigenvalue weighted by Gasteiger charge is -2.25. The smallest absolute Gasteiger partial charge is 0.410 e. The minimum Gasteiger partial charge on any atom is -0.444 e. The highest BCUT2D eigenvalue weighted by Crippen LogP contribution is 2.53. The number of amides is 2. The number of hydrogen-bond acceptors (Lipinski definition) is 5. The fourth-order valence-corrected chi connectivity index (χ4v) is 4.90. The summed E-state index contributed by atoms with van der Waals surface area (Å²) in [5.74, 6) is 1.69. The molecule has 1 saturated carbocycles. The monoisotopic (exact) mass is 387 g/mol. The van der Waals surface area contributed by atoms with Gasteiger partial charge in [0.2, 0.25) is 0 Å². The van der Waals surface area contributed by atoms with Gasteiger partial charge in [0.05, 0.1) is 4.88 Å². The van der Waals surface area contributed by atoms with Crippen LogP contribution in [0.4, 0.5) is 4.79 Å². The van der Waals surface area contributed by atoms with Gasteiger partial charge in [-0.15, -0.1) is 11.3 Å². The van der Waals surface area contributed by atoms with Gasteiger partial charge in [-0.2, -0.15) is 0 Å². The molecule has 1 unspecified atom stereocenters. The van der Waals surface area contributed by atoms with Gasteiger partial charge in [0.1, 0.15) is 10.4 Å². The average molecular weight is 388 g/mol. The van der Waals surface area contributed by atoms with Crippen molar-refractivity contribution in [1.82, 2.24) is 15.2 Å². The molecule has 1 aliphatic carbocycles. The Morgan fingerprint density at radius 3 is 2.74 bits per heavy atom. The molecule has 0 bridgehead atoms. The van der Waals surface area contributed by atoms with Crippen LogP contribution in [0, 0.1) is 17.8 Å². The second-order valence-electron chi connectivity index (χ2n) is 8.43. The molecule has 3 atom stereocenters. The van der Waals surface area contributed by atoms with Crippen LogP contribution in [0.25, 0.3) is 10.2 Å². The first-order valence-electron chi connectivity index (χ1n) is 9.42. The molecule has 27 heavy (non-hydrogen) atoms. The summed E-state index contributed by atoms with van der Waals surface area (Å²) >= 11 is 1.42. The van der Waals surface area contributed by atoms with E-state index in [1.165, 1.54) is 11.3 Å². The van der Waals surface area contributed by atoms with Gasteiger partial charge in [0.15, 0.2) is 0 Å². The topological polar surface area (TPSA) is 71.5 Å². The van der Waals surface area contributed by atoms with E-state index in [9.17, 15) is 9.59 Å². The van der Waals surface area contributed by atoms with E-state index in [0.29, 0.717) is 29.2 Å². The highest BCUT2D eigenvalue weighted by Gasteiger charge is 2.56. The van der Waals surface area contributed by atoms with E-state index in [1.807, 2.05) is 43.9 Å². The fraction of sp³-hybridized carbons (Fsp3) is 0.550. The number of carbonyl (C=O) groups excluding carboxylic acids is 2. The number of nitrogens with zero attached hydrogens (tertiary/aromatic N) is 2. The summed E-state index contributed by atoms with van der Waals surface area (Å²) < 4.78 is 5.44. The van der Waals surface area contributed by atoms with Crippen LogP contribution in [-0.4, -0.2) is 47.1 Å². The molecule has 1 N–H and O–H groups in total. The van der Waals surface area contributed by atoms with E-state index in [2.05, 4.69) is 10.3 Å². The molecule has 2 aromatic rings. The van der Waals surface area contributed by atoms with Gasteiger partial charge in [-0.1, -0.05) is 6.07 Å². The Balaban J connectivity index is 1.21. The second kappa shape index (κ2) is 6.78. The first-order chi connectivity index (χ1) is 12.8. The Morgan fingerprint density at radius 1 is 1.33 bits per heavy atom. The Kier molecular flexibility index (Phi) is 4.58. The van der Waals surface area contributed by atoms with Crippen LogP contribution < -0.4 is 5.32 Å². The van der Waals surface area contributed by atoms with Crippen LogP contribution in [0.3, 0.4) is 0 Å². The lowest BCUT2D eigenvalue weighted by atomic mass is 10.2. The van der Waals surface area contributed by atoms with Crippen LogP contribution in [0.5, 0.6) is 0 Å². The number of ether oxygens (including phenoxy) is 1. The number of piperidine rings is 1. The number of nitrogens with one attached hydrogen (secondary N) is 1. The van der Waals surface area contributed by atoms with Crippen LogP contribution in [0.15, 0.2) is 24.4 Å². The molecule has 144 valence electrons. The second-order valence-corrected chi connectivity index (χ2v) is 9.46. The van der Waals surface area contributed by atoms with Crippen molar-refractivity contribution in [3.63, 3.8) is 0 Å². The molecule has 2 amide bonds. The first-order valence-corrected chi connectivity index (χ1v) is 10.2. The van der Waals surface area contributed by atoms with Crippen molar-refractivity contribution >= 4 is 33.6 Å². The normalized spacial score (nSPS) is 24.0. The van der Waals surface area contributed by atoms with Gasteiger partial charge >= 0.3 is 6.09 Å². The minimum absolute atomic E-state index is 0.0285. The number of hydrogen-bond donors (Lipinski definition) is 1. The average Bonchev–Trinajstić information content (AvgIpc) is 3.00. The Hall–Kier alpha value is -2.15. The number of pyridine rings is 1. The van der Waals surface area contributed by atoms with Crippen molar-refractivity contribution in [2.24, 2.45) is 17.8 Å². The first kappa shape index (κ1) is 18.2. The Bertz CT molecular complexity index is 828. The Morgan fingerprint density at radius 2 is 2.07 bits per heavy atom. The molecule has 1 aliphatic heterocycles. The molecule has 0 spiro atoms. The summed E-state index contributed by atoms with van der Waals surface area (Å²) in [5, 5.41) is 4.03. The molecule has 6 nitrogen and oxygen atoms in total. The number of fused-ring (bicyclic) bond motifs is 2. The van der Waals surface area contributed by atoms with Gasteiger partial charge in [-0.25, -0.2) is 9.78 Å². The lowest BCUT2D eigenvalue weighted by Crippen LogP contribution is -2.37. The quantitative estimate of drug-likeness (QED) is 0.871. The van der Waals surface area contributed by atoms with Gasteiger partial charge in [-0.05, 0) is 57.1 Å². The predicted molar refractivity (Wildman–Crippen MR) is 105 cm³/mol. The molecule has 0 radical (unpaired) electrons. The summed E-state index contributed by atoms with van der Waals surface area (Å²) in [5.41, 5.74) is -0.449. The van der Waals surface area contributed by atoms with Crippen LogP contribution in [-0.2, 0) is 4.74 Å². The van der Waals surface area contributed by atoms with Crippen LogP contribution >= 0.6 is 11.3 Å². The number of rotatable bonds is 4. The van der Waals surface area contributed by atoms with E-state index in [0.717, 1.165) is 29.7 Å². The van der Waals surface area contributed by atoms with Crippen molar-refractivity contribution in [2.75, 3.05) is 19.6 Å². The molecule has 2 aromatic heterocycles. The van der Waals surface area contributed by atoms with Gasteiger partial charge in [0.25, 0.3) is 5.91 Å².